The third-order valence-electron chi connectivity index (χ3n) is 7.76. The molecule has 4 aromatic rings. The van der Waals surface area contributed by atoms with Gasteiger partial charge in [-0.1, -0.05) is 71.3 Å². The van der Waals surface area contributed by atoms with E-state index in [1.54, 1.807) is 0 Å². The predicted octanol–water partition coefficient (Wildman–Crippen LogP) is 9.53. The van der Waals surface area contributed by atoms with Crippen molar-refractivity contribution in [3.8, 4) is 5.75 Å². The van der Waals surface area contributed by atoms with Crippen LogP contribution in [0.5, 0.6) is 5.75 Å². The molecule has 4 heteroatoms. The van der Waals surface area contributed by atoms with Gasteiger partial charge in [0, 0.05) is 17.8 Å². The number of rotatable bonds is 6. The van der Waals surface area contributed by atoms with Crippen LogP contribution >= 0.6 is 15.9 Å². The summed E-state index contributed by atoms with van der Waals surface area (Å²) < 4.78 is 7.00. The van der Waals surface area contributed by atoms with Gasteiger partial charge in [-0.2, -0.15) is 0 Å². The van der Waals surface area contributed by atoms with Crippen LogP contribution in [0.15, 0.2) is 100 Å². The van der Waals surface area contributed by atoms with Crippen molar-refractivity contribution in [3.63, 3.8) is 0 Å². The average Bonchev–Trinajstić information content (AvgIpc) is 3.41. The number of aliphatic imine (C=N–C) groups is 1. The van der Waals surface area contributed by atoms with Gasteiger partial charge in [0.2, 0.25) is 0 Å². The number of nitrogens with one attached hydrogen (secondary N) is 1. The van der Waals surface area contributed by atoms with E-state index in [0.717, 1.165) is 27.9 Å². The second kappa shape index (κ2) is 10.9. The lowest BCUT2D eigenvalue weighted by molar-refractivity contribution is 0.304. The topological polar surface area (TPSA) is 33.6 Å². The maximum absolute atomic E-state index is 6.08. The molecule has 2 aliphatic rings. The Morgan fingerprint density at radius 3 is 2.46 bits per heavy atom. The van der Waals surface area contributed by atoms with Gasteiger partial charge in [-0.05, 0) is 108 Å². The van der Waals surface area contributed by atoms with E-state index >= 15 is 0 Å². The van der Waals surface area contributed by atoms with Gasteiger partial charge in [0.1, 0.15) is 12.4 Å². The summed E-state index contributed by atoms with van der Waals surface area (Å²) in [5.74, 6) is 1.85. The molecule has 1 aliphatic carbocycles. The molecule has 0 amide bonds. The molecule has 6 rings (SSSR count). The first kappa shape index (κ1) is 25.6. The van der Waals surface area contributed by atoms with Crippen molar-refractivity contribution < 1.29 is 4.74 Å². The van der Waals surface area contributed by atoms with Gasteiger partial charge in [0.05, 0.1) is 16.2 Å². The van der Waals surface area contributed by atoms with Crippen LogP contribution in [0.4, 0.5) is 11.4 Å². The molecule has 39 heavy (non-hydrogen) atoms. The fourth-order valence-corrected chi connectivity index (χ4v) is 6.50. The Morgan fingerprint density at radius 2 is 1.69 bits per heavy atom. The van der Waals surface area contributed by atoms with Crippen LogP contribution in [0.25, 0.3) is 0 Å². The van der Waals surface area contributed by atoms with Crippen LogP contribution in [-0.4, -0.2) is 6.21 Å². The van der Waals surface area contributed by atoms with Crippen LogP contribution in [-0.2, 0) is 6.61 Å². The molecule has 1 heterocycles. The van der Waals surface area contributed by atoms with Crippen molar-refractivity contribution in [2.45, 2.75) is 45.8 Å². The maximum atomic E-state index is 6.08. The minimum Gasteiger partial charge on any atom is -0.488 e. The molecule has 1 N–H and O–H groups in total. The van der Waals surface area contributed by atoms with Crippen molar-refractivity contribution >= 4 is 33.5 Å². The quantitative estimate of drug-likeness (QED) is 0.183. The number of fused-ring (bicyclic) bond motifs is 3. The second-order valence-corrected chi connectivity index (χ2v) is 11.7. The number of hydrogen-bond donors (Lipinski definition) is 1. The third kappa shape index (κ3) is 5.58. The molecule has 0 spiro atoms. The summed E-state index contributed by atoms with van der Waals surface area (Å²) in [7, 11) is 0. The largest absolute Gasteiger partial charge is 0.488 e. The van der Waals surface area contributed by atoms with E-state index in [1.807, 2.05) is 24.4 Å². The summed E-state index contributed by atoms with van der Waals surface area (Å²) >= 11 is 3.67. The monoisotopic (exact) mass is 576 g/mol. The second-order valence-electron chi connectivity index (χ2n) is 10.9. The van der Waals surface area contributed by atoms with Crippen LogP contribution in [0.2, 0.25) is 0 Å². The van der Waals surface area contributed by atoms with Crippen LogP contribution in [0.1, 0.15) is 57.3 Å². The molecule has 196 valence electrons. The lowest BCUT2D eigenvalue weighted by atomic mass is 9.76. The van der Waals surface area contributed by atoms with Gasteiger partial charge in [-0.15, -0.1) is 0 Å². The Hall–Kier alpha value is -3.63. The summed E-state index contributed by atoms with van der Waals surface area (Å²) in [6.45, 7) is 6.94. The SMILES string of the molecule is Cc1cc(C)cc(COc2ccc(C=Nc3ccc([C@@H]4Nc5ccc(C)cc5[C@H]5C=CC[C@@H]54)cc3)cc2Br)c1. The van der Waals surface area contributed by atoms with Crippen molar-refractivity contribution in [3.05, 3.63) is 134 Å². The summed E-state index contributed by atoms with van der Waals surface area (Å²) in [6, 6.07) is 28.3. The number of aryl methyl sites for hydroxylation is 3. The number of allylic oxidation sites excluding steroid dienone is 2. The standard InChI is InChI=1S/C35H33BrN2O/c1-22-7-13-33-31(18-22)29-5-4-6-30(29)35(38-33)27-9-11-28(12-10-27)37-20-25-8-14-34(32(36)19-25)39-21-26-16-23(2)15-24(3)17-26/h4-5,7-20,29-30,35,38H,6,21H2,1-3H3/t29-,30-,35-/m0/s1. The summed E-state index contributed by atoms with van der Waals surface area (Å²) in [5.41, 5.74) is 11.0. The van der Waals surface area contributed by atoms with E-state index in [2.05, 4.69) is 115 Å². The molecule has 0 fully saturated rings. The highest BCUT2D eigenvalue weighted by atomic mass is 79.9. The molecule has 0 saturated carbocycles. The number of anilines is 1. The molecule has 0 aromatic heterocycles. The number of hydrogen-bond acceptors (Lipinski definition) is 3. The lowest BCUT2D eigenvalue weighted by Gasteiger charge is -2.37. The fourth-order valence-electron chi connectivity index (χ4n) is 5.99. The average molecular weight is 578 g/mol. The molecular weight excluding hydrogens is 544 g/mol. The Bertz CT molecular complexity index is 1550. The van der Waals surface area contributed by atoms with E-state index in [4.69, 9.17) is 9.73 Å². The smallest absolute Gasteiger partial charge is 0.134 e. The van der Waals surface area contributed by atoms with Crippen LogP contribution in [0.3, 0.4) is 0 Å². The van der Waals surface area contributed by atoms with Gasteiger partial charge in [-0.3, -0.25) is 4.99 Å². The molecule has 0 saturated heterocycles. The highest BCUT2D eigenvalue weighted by Crippen LogP contribution is 2.50. The first-order valence-electron chi connectivity index (χ1n) is 13.6. The zero-order chi connectivity index (χ0) is 26.9. The van der Waals surface area contributed by atoms with Gasteiger partial charge < -0.3 is 10.1 Å². The van der Waals surface area contributed by atoms with Gasteiger partial charge in [0.25, 0.3) is 0 Å². The third-order valence-corrected chi connectivity index (χ3v) is 8.38. The minimum absolute atomic E-state index is 0.297. The van der Waals surface area contributed by atoms with Gasteiger partial charge in [0.15, 0.2) is 0 Å². The number of nitrogens with zero attached hydrogens (tertiary/aromatic N) is 1. The summed E-state index contributed by atoms with van der Waals surface area (Å²) in [5, 5.41) is 3.83. The van der Waals surface area contributed by atoms with E-state index in [9.17, 15) is 0 Å². The van der Waals surface area contributed by atoms with E-state index in [1.165, 1.54) is 39.1 Å². The number of benzene rings is 4. The normalized spacial score (nSPS) is 19.5. The Balaban J connectivity index is 1.12. The zero-order valence-corrected chi connectivity index (χ0v) is 24.2. The zero-order valence-electron chi connectivity index (χ0n) is 22.6. The highest BCUT2D eigenvalue weighted by molar-refractivity contribution is 9.10. The van der Waals surface area contributed by atoms with E-state index in [0.29, 0.717) is 24.5 Å². The highest BCUT2D eigenvalue weighted by Gasteiger charge is 2.37. The summed E-state index contributed by atoms with van der Waals surface area (Å²) in [4.78, 5) is 4.74. The van der Waals surface area contributed by atoms with Crippen LogP contribution in [0, 0.1) is 26.7 Å². The van der Waals surface area contributed by atoms with Crippen molar-refractivity contribution in [1.82, 2.24) is 0 Å². The number of halogens is 1. The summed E-state index contributed by atoms with van der Waals surface area (Å²) in [6.07, 6.45) is 7.75. The fraction of sp³-hybridized carbons (Fsp3) is 0.229. The van der Waals surface area contributed by atoms with Gasteiger partial charge in [-0.25, -0.2) is 0 Å². The molecule has 3 nitrogen and oxygen atoms in total. The first-order valence-corrected chi connectivity index (χ1v) is 14.4. The molecule has 0 unspecified atom stereocenters. The first-order chi connectivity index (χ1) is 18.9. The predicted molar refractivity (Wildman–Crippen MR) is 166 cm³/mol. The molecular formula is C35H33BrN2O. The van der Waals surface area contributed by atoms with Crippen molar-refractivity contribution in [2.75, 3.05) is 5.32 Å². The molecule has 1 aliphatic heterocycles. The van der Waals surface area contributed by atoms with Crippen molar-refractivity contribution in [1.29, 1.82) is 0 Å². The molecule has 0 radical (unpaired) electrons. The van der Waals surface area contributed by atoms with Gasteiger partial charge >= 0.3 is 0 Å². The minimum atomic E-state index is 0.297. The van der Waals surface area contributed by atoms with E-state index < -0.39 is 0 Å². The van der Waals surface area contributed by atoms with Crippen LogP contribution < -0.4 is 10.1 Å². The Labute approximate surface area is 239 Å². The Morgan fingerprint density at radius 1 is 0.897 bits per heavy atom. The maximum Gasteiger partial charge on any atom is 0.134 e. The molecule has 3 atom stereocenters. The van der Waals surface area contributed by atoms with E-state index in [-0.39, 0.29) is 0 Å². The molecule has 0 bridgehead atoms. The lowest BCUT2D eigenvalue weighted by Crippen LogP contribution is -2.29. The van der Waals surface area contributed by atoms with Crippen molar-refractivity contribution in [2.24, 2.45) is 10.9 Å². The molecule has 4 aromatic carbocycles. The Kier molecular flexibility index (Phi) is 7.14. The number of ether oxygens (including phenoxy) is 1.